The van der Waals surface area contributed by atoms with Crippen LogP contribution in [-0.2, 0) is 0 Å². The lowest BCUT2D eigenvalue weighted by Crippen LogP contribution is -2.27. The molecular weight excluding hydrogens is 400 g/mol. The number of amides is 1. The van der Waals surface area contributed by atoms with Crippen LogP contribution in [-0.4, -0.2) is 21.0 Å². The van der Waals surface area contributed by atoms with Crippen LogP contribution in [0.1, 0.15) is 31.9 Å². The number of aromatic nitrogens is 2. The number of carbonyl (C=O) groups is 1. The average Bonchev–Trinajstić information content (AvgIpc) is 3.08. The van der Waals surface area contributed by atoms with E-state index in [1.165, 1.54) is 0 Å². The molecule has 2 heterocycles. The summed E-state index contributed by atoms with van der Waals surface area (Å²) in [6.45, 7) is 10.4. The Morgan fingerprint density at radius 2 is 1.66 bits per heavy atom. The summed E-state index contributed by atoms with van der Waals surface area (Å²) in [6, 6.07) is 19.0. The molecule has 0 saturated heterocycles. The van der Waals surface area contributed by atoms with Gasteiger partial charge in [0.15, 0.2) is 0 Å². The number of carbonyl (C=O) groups excluding carboxylic acids is 1. The molecule has 0 radical (unpaired) electrons. The summed E-state index contributed by atoms with van der Waals surface area (Å²) in [4.78, 5) is 17.1. The molecule has 0 bridgehead atoms. The highest BCUT2D eigenvalue weighted by Crippen LogP contribution is 2.32. The molecule has 4 rings (SSSR count). The van der Waals surface area contributed by atoms with E-state index in [4.69, 9.17) is 9.72 Å². The summed E-state index contributed by atoms with van der Waals surface area (Å²) in [5, 5.41) is 6.36. The van der Waals surface area contributed by atoms with Crippen molar-refractivity contribution in [3.05, 3.63) is 78.0 Å². The molecule has 0 saturated carbocycles. The van der Waals surface area contributed by atoms with E-state index in [1.807, 2.05) is 55.6 Å². The minimum atomic E-state index is -0.528. The summed E-state index contributed by atoms with van der Waals surface area (Å²) in [7, 11) is 0. The van der Waals surface area contributed by atoms with E-state index in [1.54, 1.807) is 12.1 Å². The van der Waals surface area contributed by atoms with Gasteiger partial charge in [-0.2, -0.15) is 0 Å². The van der Waals surface area contributed by atoms with Gasteiger partial charge in [0.05, 0.1) is 0 Å². The van der Waals surface area contributed by atoms with Crippen LogP contribution in [0.5, 0.6) is 5.75 Å². The lowest BCUT2D eigenvalue weighted by atomic mass is 10.1. The SMILES string of the molecule is Cc1ccc(OC(=O)Nc2ccc(-c3nc4c(C)cccn4c3NC(C)(C)C)cc2)cc1. The van der Waals surface area contributed by atoms with Crippen molar-refractivity contribution in [3.8, 4) is 17.0 Å². The average molecular weight is 429 g/mol. The molecule has 4 aromatic rings. The number of imidazole rings is 1. The largest absolute Gasteiger partial charge is 0.417 e. The molecular formula is C26H28N4O2. The summed E-state index contributed by atoms with van der Waals surface area (Å²) in [5.74, 6) is 1.44. The van der Waals surface area contributed by atoms with E-state index in [2.05, 4.69) is 48.8 Å². The van der Waals surface area contributed by atoms with Gasteiger partial charge in [0.1, 0.15) is 22.9 Å². The number of hydrogen-bond acceptors (Lipinski definition) is 4. The second-order valence-corrected chi connectivity index (χ2v) is 8.97. The first-order valence-corrected chi connectivity index (χ1v) is 10.6. The van der Waals surface area contributed by atoms with Gasteiger partial charge in [-0.05, 0) is 70.5 Å². The number of benzene rings is 2. The minimum Gasteiger partial charge on any atom is -0.410 e. The Labute approximate surface area is 188 Å². The number of ether oxygens (including phenoxy) is 1. The summed E-state index contributed by atoms with van der Waals surface area (Å²) in [5.41, 5.74) is 5.47. The second-order valence-electron chi connectivity index (χ2n) is 8.97. The summed E-state index contributed by atoms with van der Waals surface area (Å²) < 4.78 is 7.42. The van der Waals surface area contributed by atoms with Gasteiger partial charge in [0.25, 0.3) is 0 Å². The Morgan fingerprint density at radius 1 is 0.969 bits per heavy atom. The highest BCUT2D eigenvalue weighted by molar-refractivity contribution is 5.87. The zero-order chi connectivity index (χ0) is 22.9. The molecule has 6 nitrogen and oxygen atoms in total. The molecule has 0 aliphatic heterocycles. The molecule has 0 aliphatic carbocycles. The van der Waals surface area contributed by atoms with Crippen molar-refractivity contribution in [2.75, 3.05) is 10.6 Å². The lowest BCUT2D eigenvalue weighted by Gasteiger charge is -2.22. The first-order chi connectivity index (χ1) is 15.2. The topological polar surface area (TPSA) is 67.7 Å². The number of aryl methyl sites for hydroxylation is 2. The van der Waals surface area contributed by atoms with Gasteiger partial charge < -0.3 is 10.1 Å². The number of pyridine rings is 1. The van der Waals surface area contributed by atoms with Crippen molar-refractivity contribution >= 4 is 23.2 Å². The van der Waals surface area contributed by atoms with Gasteiger partial charge in [-0.25, -0.2) is 9.78 Å². The first kappa shape index (κ1) is 21.4. The number of nitrogens with one attached hydrogen (secondary N) is 2. The first-order valence-electron chi connectivity index (χ1n) is 10.6. The van der Waals surface area contributed by atoms with E-state index >= 15 is 0 Å². The molecule has 2 N–H and O–H groups in total. The highest BCUT2D eigenvalue weighted by atomic mass is 16.6. The monoisotopic (exact) mass is 428 g/mol. The van der Waals surface area contributed by atoms with Crippen LogP contribution >= 0.6 is 0 Å². The van der Waals surface area contributed by atoms with Crippen molar-refractivity contribution < 1.29 is 9.53 Å². The fourth-order valence-electron chi connectivity index (χ4n) is 3.45. The number of hydrogen-bond donors (Lipinski definition) is 2. The van der Waals surface area contributed by atoms with Crippen LogP contribution in [0.3, 0.4) is 0 Å². The van der Waals surface area contributed by atoms with Crippen LogP contribution in [0.2, 0.25) is 0 Å². The Bertz CT molecular complexity index is 1250. The number of anilines is 2. The summed E-state index contributed by atoms with van der Waals surface area (Å²) in [6.07, 6.45) is 1.49. The van der Waals surface area contributed by atoms with E-state index in [0.29, 0.717) is 11.4 Å². The van der Waals surface area contributed by atoms with E-state index in [9.17, 15) is 4.79 Å². The number of nitrogens with zero attached hydrogens (tertiary/aromatic N) is 2. The van der Waals surface area contributed by atoms with Gasteiger partial charge in [-0.15, -0.1) is 0 Å². The van der Waals surface area contributed by atoms with Crippen LogP contribution in [0.15, 0.2) is 66.9 Å². The third-order valence-electron chi connectivity index (χ3n) is 4.97. The molecule has 1 amide bonds. The van der Waals surface area contributed by atoms with Crippen LogP contribution < -0.4 is 15.4 Å². The molecule has 6 heteroatoms. The fraction of sp³-hybridized carbons (Fsp3) is 0.231. The highest BCUT2D eigenvalue weighted by Gasteiger charge is 2.20. The van der Waals surface area contributed by atoms with Gasteiger partial charge in [-0.3, -0.25) is 9.72 Å². The lowest BCUT2D eigenvalue weighted by molar-refractivity contribution is 0.215. The van der Waals surface area contributed by atoms with E-state index in [0.717, 1.165) is 33.8 Å². The van der Waals surface area contributed by atoms with Gasteiger partial charge >= 0.3 is 6.09 Å². The maximum atomic E-state index is 12.2. The quantitative estimate of drug-likeness (QED) is 0.392. The summed E-state index contributed by atoms with van der Waals surface area (Å²) >= 11 is 0. The second kappa shape index (κ2) is 8.38. The van der Waals surface area contributed by atoms with Crippen molar-refractivity contribution in [3.63, 3.8) is 0 Å². The van der Waals surface area contributed by atoms with Crippen molar-refractivity contribution in [2.24, 2.45) is 0 Å². The predicted octanol–water partition coefficient (Wildman–Crippen LogP) is 6.44. The number of rotatable bonds is 4. The Balaban J connectivity index is 1.58. The Hall–Kier alpha value is -3.80. The Morgan fingerprint density at radius 3 is 2.31 bits per heavy atom. The van der Waals surface area contributed by atoms with Gasteiger partial charge in [0, 0.05) is 23.0 Å². The number of fused-ring (bicyclic) bond motifs is 1. The molecule has 0 unspecified atom stereocenters. The molecule has 164 valence electrons. The van der Waals surface area contributed by atoms with Gasteiger partial charge in [0.2, 0.25) is 0 Å². The zero-order valence-electron chi connectivity index (χ0n) is 19.1. The normalized spacial score (nSPS) is 11.4. The molecule has 0 spiro atoms. The molecule has 0 fully saturated rings. The van der Waals surface area contributed by atoms with Gasteiger partial charge in [-0.1, -0.05) is 35.9 Å². The molecule has 32 heavy (non-hydrogen) atoms. The third kappa shape index (κ3) is 4.75. The zero-order valence-corrected chi connectivity index (χ0v) is 19.1. The standard InChI is InChI=1S/C26H28N4O2/c1-17-8-14-21(15-9-17)32-25(31)27-20-12-10-19(11-13-20)22-24(29-26(3,4)5)30-16-6-7-18(2)23(30)28-22/h6-16,29H,1-5H3,(H,27,31). The molecule has 2 aromatic carbocycles. The maximum Gasteiger partial charge on any atom is 0.417 e. The van der Waals surface area contributed by atoms with E-state index < -0.39 is 6.09 Å². The van der Waals surface area contributed by atoms with Crippen LogP contribution in [0.25, 0.3) is 16.9 Å². The van der Waals surface area contributed by atoms with E-state index in [-0.39, 0.29) is 5.54 Å². The Kier molecular flexibility index (Phi) is 5.61. The molecule has 0 atom stereocenters. The fourth-order valence-corrected chi connectivity index (χ4v) is 3.45. The maximum absolute atomic E-state index is 12.2. The molecule has 2 aromatic heterocycles. The van der Waals surface area contributed by atoms with Crippen molar-refractivity contribution in [2.45, 2.75) is 40.2 Å². The van der Waals surface area contributed by atoms with Crippen molar-refractivity contribution in [1.29, 1.82) is 0 Å². The predicted molar refractivity (Wildman–Crippen MR) is 130 cm³/mol. The van der Waals surface area contributed by atoms with Crippen LogP contribution in [0.4, 0.5) is 16.3 Å². The van der Waals surface area contributed by atoms with Crippen molar-refractivity contribution in [1.82, 2.24) is 9.38 Å². The minimum absolute atomic E-state index is 0.129. The molecule has 0 aliphatic rings. The van der Waals surface area contributed by atoms with Crippen LogP contribution in [0, 0.1) is 13.8 Å². The third-order valence-corrected chi connectivity index (χ3v) is 4.97. The smallest absolute Gasteiger partial charge is 0.410 e.